The lowest BCUT2D eigenvalue weighted by Gasteiger charge is -2.24. The summed E-state index contributed by atoms with van der Waals surface area (Å²) < 4.78 is 19.0. The summed E-state index contributed by atoms with van der Waals surface area (Å²) in [7, 11) is 0. The molecule has 0 amide bonds. The van der Waals surface area contributed by atoms with Gasteiger partial charge < -0.3 is 9.84 Å². The molecule has 0 radical (unpaired) electrons. The lowest BCUT2D eigenvalue weighted by atomic mass is 9.82. The molecule has 1 unspecified atom stereocenters. The highest BCUT2D eigenvalue weighted by atomic mass is 35.5. The molecule has 0 bridgehead atoms. The van der Waals surface area contributed by atoms with Gasteiger partial charge in [-0.3, -0.25) is 0 Å². The van der Waals surface area contributed by atoms with Gasteiger partial charge in [0.1, 0.15) is 5.82 Å². The van der Waals surface area contributed by atoms with Crippen LogP contribution in [0.2, 0.25) is 5.02 Å². The van der Waals surface area contributed by atoms with Crippen LogP contribution in [0.4, 0.5) is 4.39 Å². The Morgan fingerprint density at radius 2 is 2.31 bits per heavy atom. The summed E-state index contributed by atoms with van der Waals surface area (Å²) in [5.41, 5.74) is 0.206. The molecule has 1 heterocycles. The first-order valence-electron chi connectivity index (χ1n) is 5.28. The molecule has 1 aliphatic rings. The van der Waals surface area contributed by atoms with Crippen LogP contribution in [0.25, 0.3) is 0 Å². The molecule has 0 saturated carbocycles. The van der Waals surface area contributed by atoms with E-state index in [2.05, 4.69) is 0 Å². The first-order valence-corrected chi connectivity index (χ1v) is 5.66. The molecule has 4 heteroatoms. The van der Waals surface area contributed by atoms with Gasteiger partial charge in [0.05, 0.1) is 18.2 Å². The number of aliphatic hydroxyl groups excluding tert-OH is 1. The molecule has 1 N–H and O–H groups in total. The number of rotatable bonds is 3. The van der Waals surface area contributed by atoms with E-state index >= 15 is 0 Å². The van der Waals surface area contributed by atoms with Gasteiger partial charge >= 0.3 is 0 Å². The van der Waals surface area contributed by atoms with Gasteiger partial charge in [0.15, 0.2) is 0 Å². The second-order valence-electron chi connectivity index (χ2n) is 4.35. The van der Waals surface area contributed by atoms with Crippen LogP contribution in [0.15, 0.2) is 18.2 Å². The van der Waals surface area contributed by atoms with E-state index in [1.807, 2.05) is 0 Å². The maximum atomic E-state index is 13.7. The first-order chi connectivity index (χ1) is 7.67. The van der Waals surface area contributed by atoms with Gasteiger partial charge in [-0.15, -0.1) is 0 Å². The first kappa shape index (κ1) is 11.8. The van der Waals surface area contributed by atoms with E-state index < -0.39 is 0 Å². The Balaban J connectivity index is 2.22. The fourth-order valence-corrected chi connectivity index (χ4v) is 2.25. The largest absolute Gasteiger partial charge is 0.396 e. The van der Waals surface area contributed by atoms with Gasteiger partial charge in [-0.2, -0.15) is 0 Å². The monoisotopic (exact) mass is 244 g/mol. The minimum atomic E-state index is -0.385. The zero-order chi connectivity index (χ0) is 11.6. The number of hydrogen-bond acceptors (Lipinski definition) is 2. The van der Waals surface area contributed by atoms with Crippen molar-refractivity contribution in [2.75, 3.05) is 19.8 Å². The standard InChI is InChI=1S/C12H14ClFO2/c13-10-3-1-2-9(11(10)14)6-12(7-15)4-5-16-8-12/h1-3,15H,4-8H2. The SMILES string of the molecule is OCC1(Cc2cccc(Cl)c2F)CCOC1. The molecule has 0 spiro atoms. The predicted molar refractivity (Wildman–Crippen MR) is 60.1 cm³/mol. The van der Waals surface area contributed by atoms with Gasteiger partial charge in [-0.1, -0.05) is 23.7 Å². The molecule has 2 rings (SSSR count). The Morgan fingerprint density at radius 1 is 1.50 bits per heavy atom. The van der Waals surface area contributed by atoms with E-state index in [0.717, 1.165) is 6.42 Å². The molecule has 1 fully saturated rings. The van der Waals surface area contributed by atoms with E-state index in [1.165, 1.54) is 6.07 Å². The Hall–Kier alpha value is -0.640. The van der Waals surface area contributed by atoms with Crippen molar-refractivity contribution in [3.63, 3.8) is 0 Å². The molecular weight excluding hydrogens is 231 g/mol. The van der Waals surface area contributed by atoms with E-state index in [1.54, 1.807) is 12.1 Å². The van der Waals surface area contributed by atoms with Gasteiger partial charge in [0.25, 0.3) is 0 Å². The molecule has 1 aliphatic heterocycles. The molecule has 1 saturated heterocycles. The number of hydrogen-bond donors (Lipinski definition) is 1. The third kappa shape index (κ3) is 2.21. The van der Waals surface area contributed by atoms with Gasteiger partial charge in [-0.25, -0.2) is 4.39 Å². The average Bonchev–Trinajstić information content (AvgIpc) is 2.74. The van der Waals surface area contributed by atoms with E-state index in [0.29, 0.717) is 25.2 Å². The Kier molecular flexibility index (Phi) is 3.47. The predicted octanol–water partition coefficient (Wildman–Crippen LogP) is 2.42. The van der Waals surface area contributed by atoms with Crippen molar-refractivity contribution >= 4 is 11.6 Å². The second kappa shape index (κ2) is 4.70. The van der Waals surface area contributed by atoms with Crippen molar-refractivity contribution in [1.82, 2.24) is 0 Å². The molecule has 2 nitrogen and oxygen atoms in total. The maximum Gasteiger partial charge on any atom is 0.144 e. The molecule has 88 valence electrons. The highest BCUT2D eigenvalue weighted by Gasteiger charge is 2.35. The molecule has 1 aromatic rings. The zero-order valence-corrected chi connectivity index (χ0v) is 9.63. The van der Waals surface area contributed by atoms with Crippen LogP contribution in [0.1, 0.15) is 12.0 Å². The minimum absolute atomic E-state index is 0.0129. The quantitative estimate of drug-likeness (QED) is 0.885. The van der Waals surface area contributed by atoms with Crippen LogP contribution in [-0.2, 0) is 11.2 Å². The van der Waals surface area contributed by atoms with Crippen LogP contribution in [0.3, 0.4) is 0 Å². The minimum Gasteiger partial charge on any atom is -0.396 e. The van der Waals surface area contributed by atoms with E-state index in [9.17, 15) is 9.50 Å². The van der Waals surface area contributed by atoms with Crippen LogP contribution < -0.4 is 0 Å². The van der Waals surface area contributed by atoms with Crippen molar-refractivity contribution < 1.29 is 14.2 Å². The second-order valence-corrected chi connectivity index (χ2v) is 4.76. The van der Waals surface area contributed by atoms with Crippen molar-refractivity contribution in [3.05, 3.63) is 34.6 Å². The summed E-state index contributed by atoms with van der Waals surface area (Å²) in [6.07, 6.45) is 1.23. The van der Waals surface area contributed by atoms with Crippen molar-refractivity contribution in [2.45, 2.75) is 12.8 Å². The third-order valence-corrected chi connectivity index (χ3v) is 3.41. The van der Waals surface area contributed by atoms with E-state index in [-0.39, 0.29) is 22.9 Å². The fourth-order valence-electron chi connectivity index (χ4n) is 2.06. The summed E-state index contributed by atoms with van der Waals surface area (Å²) in [6, 6.07) is 4.95. The zero-order valence-electron chi connectivity index (χ0n) is 8.88. The Labute approximate surface area is 99.0 Å². The molecular formula is C12H14ClFO2. The van der Waals surface area contributed by atoms with E-state index in [4.69, 9.17) is 16.3 Å². The van der Waals surface area contributed by atoms with Gasteiger partial charge in [0.2, 0.25) is 0 Å². The van der Waals surface area contributed by atoms with Crippen LogP contribution in [0, 0.1) is 11.2 Å². The fraction of sp³-hybridized carbons (Fsp3) is 0.500. The highest BCUT2D eigenvalue weighted by Crippen LogP contribution is 2.33. The molecule has 0 aliphatic carbocycles. The van der Waals surface area contributed by atoms with Crippen molar-refractivity contribution in [1.29, 1.82) is 0 Å². The lowest BCUT2D eigenvalue weighted by Crippen LogP contribution is -2.28. The number of benzene rings is 1. The van der Waals surface area contributed by atoms with Gasteiger partial charge in [-0.05, 0) is 24.5 Å². The number of halogens is 2. The molecule has 1 atom stereocenters. The lowest BCUT2D eigenvalue weighted by molar-refractivity contribution is 0.0929. The summed E-state index contributed by atoms with van der Waals surface area (Å²) >= 11 is 5.72. The summed E-state index contributed by atoms with van der Waals surface area (Å²) in [5, 5.41) is 9.53. The van der Waals surface area contributed by atoms with Crippen LogP contribution in [0.5, 0.6) is 0 Å². The van der Waals surface area contributed by atoms with Crippen molar-refractivity contribution in [2.24, 2.45) is 5.41 Å². The molecule has 0 aromatic heterocycles. The summed E-state index contributed by atoms with van der Waals surface area (Å²) in [5.74, 6) is -0.385. The highest BCUT2D eigenvalue weighted by molar-refractivity contribution is 6.30. The summed E-state index contributed by atoms with van der Waals surface area (Å²) in [4.78, 5) is 0. The number of aliphatic hydroxyl groups is 1. The Bertz CT molecular complexity index is 375. The number of ether oxygens (including phenoxy) is 1. The van der Waals surface area contributed by atoms with Crippen molar-refractivity contribution in [3.8, 4) is 0 Å². The Morgan fingerprint density at radius 3 is 2.94 bits per heavy atom. The maximum absolute atomic E-state index is 13.7. The average molecular weight is 245 g/mol. The topological polar surface area (TPSA) is 29.5 Å². The third-order valence-electron chi connectivity index (χ3n) is 3.12. The molecule has 1 aromatic carbocycles. The van der Waals surface area contributed by atoms with Gasteiger partial charge in [0, 0.05) is 12.0 Å². The normalized spacial score (nSPS) is 24.9. The molecule has 16 heavy (non-hydrogen) atoms. The summed E-state index contributed by atoms with van der Waals surface area (Å²) in [6.45, 7) is 1.12. The smallest absolute Gasteiger partial charge is 0.144 e. The van der Waals surface area contributed by atoms with Crippen LogP contribution >= 0.6 is 11.6 Å². The van der Waals surface area contributed by atoms with Crippen LogP contribution in [-0.4, -0.2) is 24.9 Å².